The maximum Gasteiger partial charge on any atom is 0.306 e. The first kappa shape index (κ1) is 27.5. The van der Waals surface area contributed by atoms with Crippen LogP contribution in [0, 0.1) is 11.8 Å². The number of nitrogens with one attached hydrogen (secondary N) is 1. The van der Waals surface area contributed by atoms with Crippen molar-refractivity contribution in [3.63, 3.8) is 0 Å². The number of anilines is 1. The molecule has 3 aromatic rings. The van der Waals surface area contributed by atoms with Gasteiger partial charge in [0.25, 0.3) is 0 Å². The highest BCUT2D eigenvalue weighted by Crippen LogP contribution is 2.36. The molecule has 3 heterocycles. The number of pyridine rings is 1. The molecule has 2 fully saturated rings. The summed E-state index contributed by atoms with van der Waals surface area (Å²) in [6.07, 6.45) is 5.73. The molecule has 0 unspecified atom stereocenters. The van der Waals surface area contributed by atoms with Gasteiger partial charge in [0.15, 0.2) is 5.13 Å². The SMILES string of the molecule is COc1ccc2nc(NC(=O)[C@H](CC3CCCC3)c3ccc(S(=O)(=O)N4CCC(C(=O)O)CC4)cc3)sc2n1. The molecule has 0 bridgehead atoms. The number of rotatable bonds is 9. The number of ether oxygens (including phenoxy) is 1. The molecule has 1 aliphatic heterocycles. The predicted molar refractivity (Wildman–Crippen MR) is 147 cm³/mol. The van der Waals surface area contributed by atoms with Crippen LogP contribution in [0.15, 0.2) is 41.3 Å². The molecular weight excluding hydrogens is 540 g/mol. The van der Waals surface area contributed by atoms with Crippen LogP contribution in [0.5, 0.6) is 5.88 Å². The van der Waals surface area contributed by atoms with Gasteiger partial charge in [-0.15, -0.1) is 0 Å². The summed E-state index contributed by atoms with van der Waals surface area (Å²) in [6.45, 7) is 0.354. The second-order valence-electron chi connectivity index (χ2n) is 10.2. The highest BCUT2D eigenvalue weighted by Gasteiger charge is 2.33. The van der Waals surface area contributed by atoms with E-state index in [9.17, 15) is 23.1 Å². The van der Waals surface area contributed by atoms with Gasteiger partial charge in [-0.05, 0) is 48.9 Å². The molecule has 2 aliphatic rings. The Balaban J connectivity index is 1.34. The van der Waals surface area contributed by atoms with E-state index in [4.69, 9.17) is 4.74 Å². The molecule has 1 saturated carbocycles. The van der Waals surface area contributed by atoms with E-state index in [0.29, 0.717) is 46.5 Å². The van der Waals surface area contributed by atoms with Crippen LogP contribution in [0.1, 0.15) is 56.4 Å². The summed E-state index contributed by atoms with van der Waals surface area (Å²) in [5, 5.41) is 12.6. The number of carboxylic acids is 1. The first-order valence-electron chi connectivity index (χ1n) is 13.2. The fraction of sp³-hybridized carbons (Fsp3) is 0.481. The van der Waals surface area contributed by atoms with Crippen LogP contribution in [0.25, 0.3) is 10.3 Å². The number of hydrogen-bond acceptors (Lipinski definition) is 8. The van der Waals surface area contributed by atoms with Crippen LogP contribution in [0.2, 0.25) is 0 Å². The fourth-order valence-electron chi connectivity index (χ4n) is 5.50. The third-order valence-corrected chi connectivity index (χ3v) is 10.5. The van der Waals surface area contributed by atoms with Gasteiger partial charge in [-0.1, -0.05) is 49.2 Å². The minimum absolute atomic E-state index is 0.145. The zero-order valence-corrected chi connectivity index (χ0v) is 23.3. The fourth-order valence-corrected chi connectivity index (χ4v) is 7.80. The number of carbonyl (C=O) groups is 2. The van der Waals surface area contributed by atoms with Gasteiger partial charge in [-0.25, -0.2) is 18.4 Å². The Morgan fingerprint density at radius 2 is 1.77 bits per heavy atom. The van der Waals surface area contributed by atoms with Crippen LogP contribution in [0.4, 0.5) is 5.13 Å². The highest BCUT2D eigenvalue weighted by molar-refractivity contribution is 7.89. The van der Waals surface area contributed by atoms with Crippen molar-refractivity contribution in [2.75, 3.05) is 25.5 Å². The molecule has 12 heteroatoms. The number of aliphatic carboxylic acids is 1. The zero-order chi connectivity index (χ0) is 27.6. The monoisotopic (exact) mass is 572 g/mol. The Morgan fingerprint density at radius 1 is 1.08 bits per heavy atom. The van der Waals surface area contributed by atoms with Crippen molar-refractivity contribution in [3.05, 3.63) is 42.0 Å². The van der Waals surface area contributed by atoms with Gasteiger partial charge in [0.2, 0.25) is 21.8 Å². The van der Waals surface area contributed by atoms with Crippen molar-refractivity contribution >= 4 is 48.7 Å². The maximum absolute atomic E-state index is 13.6. The number of hydrogen-bond donors (Lipinski definition) is 2. The number of methoxy groups -OCH3 is 1. The number of sulfonamides is 1. The van der Waals surface area contributed by atoms with E-state index in [1.165, 1.54) is 15.6 Å². The van der Waals surface area contributed by atoms with Gasteiger partial charge in [0, 0.05) is 19.2 Å². The topological polar surface area (TPSA) is 139 Å². The van der Waals surface area contributed by atoms with E-state index in [0.717, 1.165) is 31.2 Å². The van der Waals surface area contributed by atoms with Crippen molar-refractivity contribution in [2.24, 2.45) is 11.8 Å². The van der Waals surface area contributed by atoms with Crippen LogP contribution >= 0.6 is 11.3 Å². The lowest BCUT2D eigenvalue weighted by atomic mass is 9.87. The predicted octanol–water partition coefficient (Wildman–Crippen LogP) is 4.49. The Kier molecular flexibility index (Phi) is 8.15. The number of thiazole rings is 1. The van der Waals surface area contributed by atoms with Gasteiger partial charge in [-0.2, -0.15) is 4.31 Å². The van der Waals surface area contributed by atoms with E-state index in [2.05, 4.69) is 15.3 Å². The second-order valence-corrected chi connectivity index (χ2v) is 13.1. The third-order valence-electron chi connectivity index (χ3n) is 7.75. The Labute approximate surface area is 231 Å². The molecule has 1 aromatic carbocycles. The summed E-state index contributed by atoms with van der Waals surface area (Å²) >= 11 is 1.28. The van der Waals surface area contributed by atoms with Crippen molar-refractivity contribution in [1.82, 2.24) is 14.3 Å². The molecule has 2 aromatic heterocycles. The molecule has 2 N–H and O–H groups in total. The number of fused-ring (bicyclic) bond motifs is 1. The summed E-state index contributed by atoms with van der Waals surface area (Å²) in [5.74, 6) is -1.12. The highest BCUT2D eigenvalue weighted by atomic mass is 32.2. The average Bonchev–Trinajstić information content (AvgIpc) is 3.60. The number of carboxylic acid groups (broad SMARTS) is 1. The summed E-state index contributed by atoms with van der Waals surface area (Å²) in [4.78, 5) is 34.5. The summed E-state index contributed by atoms with van der Waals surface area (Å²) < 4.78 is 32.9. The number of carbonyl (C=O) groups excluding carboxylic acids is 1. The van der Waals surface area contributed by atoms with Crippen molar-refractivity contribution in [3.8, 4) is 5.88 Å². The lowest BCUT2D eigenvalue weighted by molar-refractivity contribution is -0.143. The Hall–Kier alpha value is -3.09. The maximum atomic E-state index is 13.6. The van der Waals surface area contributed by atoms with E-state index >= 15 is 0 Å². The normalized spacial score (nSPS) is 18.3. The van der Waals surface area contributed by atoms with E-state index in [-0.39, 0.29) is 23.9 Å². The minimum Gasteiger partial charge on any atom is -0.481 e. The van der Waals surface area contributed by atoms with Crippen LogP contribution in [-0.2, 0) is 19.6 Å². The summed E-state index contributed by atoms with van der Waals surface area (Å²) in [5.41, 5.74) is 1.43. The minimum atomic E-state index is -3.75. The van der Waals surface area contributed by atoms with Gasteiger partial charge < -0.3 is 15.2 Å². The van der Waals surface area contributed by atoms with Gasteiger partial charge in [0.05, 0.1) is 23.8 Å². The van der Waals surface area contributed by atoms with E-state index < -0.39 is 27.8 Å². The molecule has 1 aliphatic carbocycles. The quantitative estimate of drug-likeness (QED) is 0.383. The smallest absolute Gasteiger partial charge is 0.306 e. The van der Waals surface area contributed by atoms with Gasteiger partial charge in [-0.3, -0.25) is 9.59 Å². The molecule has 0 radical (unpaired) electrons. The first-order chi connectivity index (χ1) is 18.7. The molecule has 39 heavy (non-hydrogen) atoms. The van der Waals surface area contributed by atoms with Crippen LogP contribution < -0.4 is 10.1 Å². The van der Waals surface area contributed by atoms with Crippen molar-refractivity contribution < 1.29 is 27.9 Å². The molecule has 10 nitrogen and oxygen atoms in total. The standard InChI is InChI=1S/C27H32N4O6S2/c1-37-23-11-10-22-25(29-23)38-27(28-22)30-24(32)21(16-17-4-2-3-5-17)18-6-8-20(9-7-18)39(35,36)31-14-12-19(13-15-31)26(33)34/h6-11,17,19,21H,2-5,12-16H2,1H3,(H,33,34)(H,28,30,32)/t21-/m1/s1. The number of piperidine rings is 1. The second kappa shape index (κ2) is 11.6. The third kappa shape index (κ3) is 6.07. The van der Waals surface area contributed by atoms with Crippen molar-refractivity contribution in [1.29, 1.82) is 0 Å². The summed E-state index contributed by atoms with van der Waals surface area (Å²) in [6, 6.07) is 10.1. The number of aromatic nitrogens is 2. The number of amides is 1. The van der Waals surface area contributed by atoms with Gasteiger partial charge >= 0.3 is 5.97 Å². The lowest BCUT2D eigenvalue weighted by Gasteiger charge is -2.29. The Morgan fingerprint density at radius 3 is 2.41 bits per heavy atom. The molecule has 0 spiro atoms. The average molecular weight is 573 g/mol. The number of benzene rings is 1. The van der Waals surface area contributed by atoms with E-state index in [1.54, 1.807) is 43.5 Å². The van der Waals surface area contributed by atoms with E-state index in [1.807, 2.05) is 0 Å². The summed E-state index contributed by atoms with van der Waals surface area (Å²) in [7, 11) is -2.21. The van der Waals surface area contributed by atoms with Crippen molar-refractivity contribution in [2.45, 2.75) is 55.8 Å². The Bertz CT molecular complexity index is 1440. The zero-order valence-electron chi connectivity index (χ0n) is 21.7. The lowest BCUT2D eigenvalue weighted by Crippen LogP contribution is -2.40. The largest absolute Gasteiger partial charge is 0.481 e. The molecule has 1 amide bonds. The first-order valence-corrected chi connectivity index (χ1v) is 15.5. The number of nitrogens with zero attached hydrogens (tertiary/aromatic N) is 3. The van der Waals surface area contributed by atoms with Crippen LogP contribution in [0.3, 0.4) is 0 Å². The molecular formula is C27H32N4O6S2. The van der Waals surface area contributed by atoms with Crippen LogP contribution in [-0.4, -0.2) is 59.9 Å². The van der Waals surface area contributed by atoms with Gasteiger partial charge in [0.1, 0.15) is 10.3 Å². The molecule has 5 rings (SSSR count). The molecule has 1 saturated heterocycles. The molecule has 208 valence electrons. The molecule has 1 atom stereocenters.